The predicted octanol–water partition coefficient (Wildman–Crippen LogP) is 4.38. The van der Waals surface area contributed by atoms with Crippen LogP contribution in [0.3, 0.4) is 0 Å². The van der Waals surface area contributed by atoms with Gasteiger partial charge >= 0.3 is 0 Å². The van der Waals surface area contributed by atoms with Crippen molar-refractivity contribution < 1.29 is 18.9 Å². The van der Waals surface area contributed by atoms with Crippen molar-refractivity contribution in [2.24, 2.45) is 0 Å². The van der Waals surface area contributed by atoms with E-state index in [-0.39, 0.29) is 17.2 Å². The van der Waals surface area contributed by atoms with Crippen LogP contribution in [0.2, 0.25) is 0 Å². The molecule has 29 heavy (non-hydrogen) atoms. The first kappa shape index (κ1) is 18.0. The average molecular weight is 387 g/mol. The molecular weight excluding hydrogens is 374 g/mol. The molecule has 0 saturated heterocycles. The molecule has 2 aromatic heterocycles. The van der Waals surface area contributed by atoms with Crippen LogP contribution in [0.1, 0.15) is 16.1 Å². The van der Waals surface area contributed by atoms with Gasteiger partial charge in [0, 0.05) is 23.7 Å². The van der Waals surface area contributed by atoms with E-state index in [1.54, 1.807) is 30.3 Å². The van der Waals surface area contributed by atoms with Crippen LogP contribution in [0.4, 0.5) is 5.69 Å². The van der Waals surface area contributed by atoms with Crippen molar-refractivity contribution in [3.8, 4) is 23.1 Å². The number of para-hydroxylation sites is 1. The quantitative estimate of drug-likeness (QED) is 0.379. The smallest absolute Gasteiger partial charge is 0.298 e. The van der Waals surface area contributed by atoms with Crippen LogP contribution in [0, 0.1) is 21.4 Å². The Morgan fingerprint density at radius 1 is 1.21 bits per heavy atom. The molecule has 0 fully saturated rings. The van der Waals surface area contributed by atoms with E-state index < -0.39 is 10.8 Å². The fraction of sp³-hybridized carbons (Fsp3) is 0.0476. The molecule has 0 aliphatic carbocycles. The highest BCUT2D eigenvalue weighted by molar-refractivity contribution is 6.02. The molecule has 142 valence electrons. The van der Waals surface area contributed by atoms with Gasteiger partial charge in [-0.15, -0.1) is 0 Å². The van der Waals surface area contributed by atoms with Gasteiger partial charge in [-0.2, -0.15) is 5.26 Å². The monoisotopic (exact) mass is 387 g/mol. The fourth-order valence-corrected chi connectivity index (χ4v) is 3.16. The van der Waals surface area contributed by atoms with Gasteiger partial charge in [-0.25, -0.2) is 0 Å². The predicted molar refractivity (Wildman–Crippen MR) is 104 cm³/mol. The van der Waals surface area contributed by atoms with Crippen molar-refractivity contribution in [2.45, 2.75) is 0 Å². The highest BCUT2D eigenvalue weighted by atomic mass is 16.6. The number of nitrogens with zero attached hydrogens (tertiary/aromatic N) is 3. The normalized spacial score (nSPS) is 10.6. The Hall–Kier alpha value is -4.38. The second-order valence-electron chi connectivity index (χ2n) is 6.15. The summed E-state index contributed by atoms with van der Waals surface area (Å²) in [6.45, 7) is 0. The molecule has 0 aliphatic rings. The summed E-state index contributed by atoms with van der Waals surface area (Å²) in [6, 6.07) is 16.3. The molecule has 0 radical (unpaired) electrons. The maximum absolute atomic E-state index is 13.0. The average Bonchev–Trinajstić information content (AvgIpc) is 3.38. The number of carbonyl (C=O) groups is 1. The standard InChI is InChI=1S/C21H13N3O5/c1-28-18-7-6-14(24(26)27)10-16(18)19-8-9-20(29-19)21(25)23-12-13(11-22)15-4-2-3-5-17(15)23/h2-10,12H,1H3. The first-order valence-electron chi connectivity index (χ1n) is 8.51. The maximum Gasteiger partial charge on any atom is 0.298 e. The molecule has 0 spiro atoms. The molecule has 4 aromatic rings. The number of nitriles is 1. The van der Waals surface area contributed by atoms with E-state index >= 15 is 0 Å². The molecular formula is C21H13N3O5. The molecule has 2 heterocycles. The largest absolute Gasteiger partial charge is 0.496 e. The van der Waals surface area contributed by atoms with Gasteiger partial charge in [-0.1, -0.05) is 18.2 Å². The first-order valence-corrected chi connectivity index (χ1v) is 8.51. The van der Waals surface area contributed by atoms with Crippen LogP contribution in [-0.2, 0) is 0 Å². The third kappa shape index (κ3) is 3.00. The van der Waals surface area contributed by atoms with Crippen LogP contribution in [0.5, 0.6) is 5.75 Å². The number of hydrogen-bond donors (Lipinski definition) is 0. The number of fused-ring (bicyclic) bond motifs is 1. The SMILES string of the molecule is COc1ccc([N+](=O)[O-])cc1-c1ccc(C(=O)n2cc(C#N)c3ccccc32)o1. The van der Waals surface area contributed by atoms with E-state index in [2.05, 4.69) is 6.07 Å². The van der Waals surface area contributed by atoms with E-state index in [0.717, 1.165) is 0 Å². The Balaban J connectivity index is 1.78. The van der Waals surface area contributed by atoms with Crippen LogP contribution in [-0.4, -0.2) is 22.5 Å². The Morgan fingerprint density at radius 2 is 2.00 bits per heavy atom. The molecule has 0 N–H and O–H groups in total. The summed E-state index contributed by atoms with van der Waals surface area (Å²) in [4.78, 5) is 23.6. The Labute approximate surface area is 164 Å². The fourth-order valence-electron chi connectivity index (χ4n) is 3.16. The number of hydrogen-bond acceptors (Lipinski definition) is 6. The highest BCUT2D eigenvalue weighted by Crippen LogP contribution is 2.34. The van der Waals surface area contributed by atoms with Gasteiger partial charge in [0.2, 0.25) is 0 Å². The van der Waals surface area contributed by atoms with E-state index in [9.17, 15) is 20.2 Å². The van der Waals surface area contributed by atoms with Gasteiger partial charge in [0.05, 0.1) is 28.7 Å². The van der Waals surface area contributed by atoms with E-state index in [0.29, 0.717) is 27.8 Å². The zero-order valence-corrected chi connectivity index (χ0v) is 15.2. The molecule has 4 rings (SSSR count). The molecule has 0 unspecified atom stereocenters. The molecule has 8 nitrogen and oxygen atoms in total. The zero-order chi connectivity index (χ0) is 20.5. The van der Waals surface area contributed by atoms with Crippen LogP contribution < -0.4 is 4.74 Å². The number of carbonyl (C=O) groups excluding carboxylic acids is 1. The summed E-state index contributed by atoms with van der Waals surface area (Å²) in [5.74, 6) is 0.199. The third-order valence-electron chi connectivity index (χ3n) is 4.53. The third-order valence-corrected chi connectivity index (χ3v) is 4.53. The minimum Gasteiger partial charge on any atom is -0.496 e. The molecule has 0 aliphatic heterocycles. The first-order chi connectivity index (χ1) is 14.0. The number of aromatic nitrogens is 1. The second-order valence-corrected chi connectivity index (χ2v) is 6.15. The second kappa shape index (κ2) is 6.98. The van der Waals surface area contributed by atoms with E-state index in [1.165, 1.54) is 42.1 Å². The number of non-ortho nitro benzene ring substituents is 1. The highest BCUT2D eigenvalue weighted by Gasteiger charge is 2.21. The molecule has 2 aromatic carbocycles. The minimum absolute atomic E-state index is 0.0267. The Morgan fingerprint density at radius 3 is 2.72 bits per heavy atom. The zero-order valence-electron chi connectivity index (χ0n) is 15.2. The van der Waals surface area contributed by atoms with Crippen LogP contribution in [0.25, 0.3) is 22.2 Å². The van der Waals surface area contributed by atoms with Gasteiger partial charge in [0.1, 0.15) is 17.6 Å². The lowest BCUT2D eigenvalue weighted by atomic mass is 10.1. The van der Waals surface area contributed by atoms with Crippen molar-refractivity contribution in [1.29, 1.82) is 5.26 Å². The van der Waals surface area contributed by atoms with Crippen LogP contribution >= 0.6 is 0 Å². The molecule has 0 amide bonds. The summed E-state index contributed by atoms with van der Waals surface area (Å²) in [7, 11) is 1.44. The summed E-state index contributed by atoms with van der Waals surface area (Å²) in [5.41, 5.74) is 1.19. The van der Waals surface area contributed by atoms with E-state index in [4.69, 9.17) is 9.15 Å². The van der Waals surface area contributed by atoms with Crippen molar-refractivity contribution in [3.63, 3.8) is 0 Å². The van der Waals surface area contributed by atoms with Gasteiger partial charge in [-0.3, -0.25) is 19.5 Å². The number of nitro groups is 1. The summed E-state index contributed by atoms with van der Waals surface area (Å²) in [6.07, 6.45) is 1.46. The van der Waals surface area contributed by atoms with E-state index in [1.807, 2.05) is 0 Å². The number of furan rings is 1. The lowest BCUT2D eigenvalue weighted by Gasteiger charge is -2.06. The maximum atomic E-state index is 13.0. The number of ether oxygens (including phenoxy) is 1. The summed E-state index contributed by atoms with van der Waals surface area (Å²) >= 11 is 0. The van der Waals surface area contributed by atoms with Gasteiger partial charge in [0.25, 0.3) is 11.6 Å². The molecule has 0 bridgehead atoms. The molecule has 8 heteroatoms. The van der Waals surface area contributed by atoms with Crippen molar-refractivity contribution in [2.75, 3.05) is 7.11 Å². The molecule has 0 saturated carbocycles. The number of benzene rings is 2. The Kier molecular flexibility index (Phi) is 4.33. The van der Waals surface area contributed by atoms with Gasteiger partial charge in [-0.05, 0) is 24.3 Å². The number of rotatable bonds is 4. The van der Waals surface area contributed by atoms with Crippen molar-refractivity contribution in [3.05, 3.63) is 82.2 Å². The molecule has 0 atom stereocenters. The van der Waals surface area contributed by atoms with Crippen LogP contribution in [0.15, 0.2) is 65.2 Å². The van der Waals surface area contributed by atoms with Gasteiger partial charge < -0.3 is 9.15 Å². The Bertz CT molecular complexity index is 1310. The summed E-state index contributed by atoms with van der Waals surface area (Å²) < 4.78 is 12.3. The summed E-state index contributed by atoms with van der Waals surface area (Å²) in [5, 5.41) is 21.1. The number of methoxy groups -OCH3 is 1. The van der Waals surface area contributed by atoms with Crippen molar-refractivity contribution >= 4 is 22.5 Å². The minimum atomic E-state index is -0.521. The lowest BCUT2D eigenvalue weighted by Crippen LogP contribution is -2.09. The number of nitro benzene ring substituents is 1. The lowest BCUT2D eigenvalue weighted by molar-refractivity contribution is -0.384. The van der Waals surface area contributed by atoms with Crippen molar-refractivity contribution in [1.82, 2.24) is 4.57 Å². The topological polar surface area (TPSA) is 111 Å². The van der Waals surface area contributed by atoms with Gasteiger partial charge in [0.15, 0.2) is 5.76 Å².